The molecule has 1 amide bonds. The van der Waals surface area contributed by atoms with Gasteiger partial charge in [-0.25, -0.2) is 8.78 Å². The molecule has 1 aliphatic rings. The molecule has 1 heterocycles. The van der Waals surface area contributed by atoms with Crippen molar-refractivity contribution in [1.82, 2.24) is 4.90 Å². The molecule has 1 aliphatic heterocycles. The first-order valence-corrected chi connectivity index (χ1v) is 8.80. The lowest BCUT2D eigenvalue weighted by Gasteiger charge is -2.45. The number of methoxy groups -OCH3 is 1. The molecule has 138 valence electrons. The number of halogens is 3. The fourth-order valence-electron chi connectivity index (χ4n) is 3.10. The highest BCUT2D eigenvalue weighted by Gasteiger charge is 2.43. The van der Waals surface area contributed by atoms with Crippen LogP contribution in [0.5, 0.6) is 5.75 Å². The number of rotatable bonds is 4. The third kappa shape index (κ3) is 3.46. The quantitative estimate of drug-likeness (QED) is 0.694. The summed E-state index contributed by atoms with van der Waals surface area (Å²) in [6.07, 6.45) is 0. The Hall–Kier alpha value is -1.99. The summed E-state index contributed by atoms with van der Waals surface area (Å²) < 4.78 is 38.8. The van der Waals surface area contributed by atoms with E-state index in [1.807, 2.05) is 12.1 Å². The third-order valence-electron chi connectivity index (χ3n) is 4.60. The van der Waals surface area contributed by atoms with Crippen LogP contribution in [0.15, 0.2) is 40.9 Å². The lowest BCUT2D eigenvalue weighted by molar-refractivity contribution is -0.159. The van der Waals surface area contributed by atoms with Gasteiger partial charge in [0.2, 0.25) is 5.91 Å². The SMILES string of the molecule is COc1ccc(CN2C(=O)COCC2(C)c2cc(Br)c(F)cc2F)cc1. The standard InChI is InChI=1S/C19H18BrF2NO3/c1-19(14-7-15(20)17(22)8-16(14)21)11-26-10-18(24)23(19)9-12-3-5-13(25-2)6-4-12/h3-8H,9-11H2,1-2H3. The average Bonchev–Trinajstić information content (AvgIpc) is 2.62. The van der Waals surface area contributed by atoms with Crippen LogP contribution in [0.1, 0.15) is 18.1 Å². The fraction of sp³-hybridized carbons (Fsp3) is 0.316. The number of carbonyl (C=O) groups excluding carboxylic acids is 1. The number of ether oxygens (including phenoxy) is 2. The molecule has 2 aromatic rings. The van der Waals surface area contributed by atoms with Crippen LogP contribution >= 0.6 is 15.9 Å². The van der Waals surface area contributed by atoms with Crippen molar-refractivity contribution in [3.8, 4) is 5.75 Å². The Morgan fingerprint density at radius 2 is 1.92 bits per heavy atom. The van der Waals surface area contributed by atoms with E-state index in [1.165, 1.54) is 6.07 Å². The zero-order valence-corrected chi connectivity index (χ0v) is 16.0. The molecule has 2 aromatic carbocycles. The van der Waals surface area contributed by atoms with Gasteiger partial charge in [-0.3, -0.25) is 4.79 Å². The highest BCUT2D eigenvalue weighted by molar-refractivity contribution is 9.10. The maximum atomic E-state index is 14.5. The first-order valence-electron chi connectivity index (χ1n) is 8.01. The minimum Gasteiger partial charge on any atom is -0.497 e. The second-order valence-electron chi connectivity index (χ2n) is 6.34. The molecule has 26 heavy (non-hydrogen) atoms. The van der Waals surface area contributed by atoms with Gasteiger partial charge in [0, 0.05) is 18.2 Å². The van der Waals surface area contributed by atoms with Crippen LogP contribution in [0.4, 0.5) is 8.78 Å². The predicted molar refractivity (Wildman–Crippen MR) is 95.8 cm³/mol. The summed E-state index contributed by atoms with van der Waals surface area (Å²) in [5.74, 6) is -0.960. The number of hydrogen-bond donors (Lipinski definition) is 0. The molecule has 0 spiro atoms. The van der Waals surface area contributed by atoms with Gasteiger partial charge in [0.15, 0.2) is 0 Å². The van der Waals surface area contributed by atoms with Gasteiger partial charge in [0.05, 0.1) is 23.7 Å². The van der Waals surface area contributed by atoms with Crippen molar-refractivity contribution in [1.29, 1.82) is 0 Å². The third-order valence-corrected chi connectivity index (χ3v) is 5.20. The van der Waals surface area contributed by atoms with Crippen LogP contribution in [0.2, 0.25) is 0 Å². The molecule has 1 atom stereocenters. The van der Waals surface area contributed by atoms with Gasteiger partial charge in [-0.1, -0.05) is 12.1 Å². The Kier molecular flexibility index (Phi) is 5.29. The summed E-state index contributed by atoms with van der Waals surface area (Å²) >= 11 is 3.09. The molecule has 0 aliphatic carbocycles. The van der Waals surface area contributed by atoms with E-state index in [0.29, 0.717) is 5.75 Å². The van der Waals surface area contributed by atoms with Gasteiger partial charge in [0.1, 0.15) is 24.0 Å². The first kappa shape index (κ1) is 18.8. The minimum atomic E-state index is -1.06. The lowest BCUT2D eigenvalue weighted by Crippen LogP contribution is -2.55. The highest BCUT2D eigenvalue weighted by atomic mass is 79.9. The summed E-state index contributed by atoms with van der Waals surface area (Å²) in [6, 6.07) is 9.47. The number of amides is 1. The van der Waals surface area contributed by atoms with Crippen LogP contribution in [-0.2, 0) is 21.6 Å². The van der Waals surface area contributed by atoms with Gasteiger partial charge in [-0.15, -0.1) is 0 Å². The molecule has 1 unspecified atom stereocenters. The molecule has 0 aromatic heterocycles. The monoisotopic (exact) mass is 425 g/mol. The van der Waals surface area contributed by atoms with E-state index in [0.717, 1.165) is 11.6 Å². The number of hydrogen-bond acceptors (Lipinski definition) is 3. The Morgan fingerprint density at radius 3 is 2.58 bits per heavy atom. The molecule has 0 N–H and O–H groups in total. The molecule has 7 heteroatoms. The van der Waals surface area contributed by atoms with Crippen molar-refractivity contribution in [2.24, 2.45) is 0 Å². The molecule has 0 saturated carbocycles. The zero-order valence-electron chi connectivity index (χ0n) is 14.4. The number of carbonyl (C=O) groups is 1. The van der Waals surface area contributed by atoms with Crippen LogP contribution in [-0.4, -0.2) is 31.1 Å². The Bertz CT molecular complexity index is 828. The molecule has 1 saturated heterocycles. The Morgan fingerprint density at radius 1 is 1.23 bits per heavy atom. The van der Waals surface area contributed by atoms with E-state index in [9.17, 15) is 13.6 Å². The van der Waals surface area contributed by atoms with Gasteiger partial charge in [-0.05, 0) is 46.6 Å². The summed E-state index contributed by atoms with van der Waals surface area (Å²) in [5, 5.41) is 0. The predicted octanol–water partition coefficient (Wildman–Crippen LogP) is 4.01. The summed E-state index contributed by atoms with van der Waals surface area (Å²) in [4.78, 5) is 14.1. The normalized spacial score (nSPS) is 20.3. The minimum absolute atomic E-state index is 0.0737. The van der Waals surface area contributed by atoms with E-state index in [4.69, 9.17) is 9.47 Å². The van der Waals surface area contributed by atoms with Gasteiger partial charge < -0.3 is 14.4 Å². The van der Waals surface area contributed by atoms with Crippen molar-refractivity contribution in [3.63, 3.8) is 0 Å². The lowest BCUT2D eigenvalue weighted by atomic mass is 9.88. The molecule has 1 fully saturated rings. The van der Waals surface area contributed by atoms with Gasteiger partial charge in [-0.2, -0.15) is 0 Å². The average molecular weight is 426 g/mol. The second-order valence-corrected chi connectivity index (χ2v) is 7.20. The summed E-state index contributed by atoms with van der Waals surface area (Å²) in [7, 11) is 1.58. The van der Waals surface area contributed by atoms with Gasteiger partial charge >= 0.3 is 0 Å². The maximum absolute atomic E-state index is 14.5. The molecule has 0 bridgehead atoms. The van der Waals surface area contributed by atoms with Crippen molar-refractivity contribution < 1.29 is 23.0 Å². The molecule has 4 nitrogen and oxygen atoms in total. The smallest absolute Gasteiger partial charge is 0.249 e. The van der Waals surface area contributed by atoms with E-state index in [1.54, 1.807) is 31.1 Å². The van der Waals surface area contributed by atoms with Crippen LogP contribution in [0.25, 0.3) is 0 Å². The van der Waals surface area contributed by atoms with Gasteiger partial charge in [0.25, 0.3) is 0 Å². The van der Waals surface area contributed by atoms with Crippen molar-refractivity contribution >= 4 is 21.8 Å². The van der Waals surface area contributed by atoms with E-state index in [2.05, 4.69) is 15.9 Å². The number of benzene rings is 2. The maximum Gasteiger partial charge on any atom is 0.249 e. The molecule has 0 radical (unpaired) electrons. The Balaban J connectivity index is 1.99. The number of nitrogens with zero attached hydrogens (tertiary/aromatic N) is 1. The number of morpholine rings is 1. The second kappa shape index (κ2) is 7.32. The molecular formula is C19H18BrF2NO3. The highest BCUT2D eigenvalue weighted by Crippen LogP contribution is 2.37. The van der Waals surface area contributed by atoms with E-state index >= 15 is 0 Å². The fourth-order valence-corrected chi connectivity index (χ4v) is 3.45. The van der Waals surface area contributed by atoms with E-state index in [-0.39, 0.29) is 35.7 Å². The van der Waals surface area contributed by atoms with Crippen LogP contribution < -0.4 is 4.74 Å². The topological polar surface area (TPSA) is 38.8 Å². The zero-order chi connectivity index (χ0) is 18.9. The summed E-state index contributed by atoms with van der Waals surface area (Å²) in [6.45, 7) is 2.03. The largest absolute Gasteiger partial charge is 0.497 e. The van der Waals surface area contributed by atoms with Crippen molar-refractivity contribution in [2.75, 3.05) is 20.3 Å². The summed E-state index contributed by atoms with van der Waals surface area (Å²) in [5.41, 5.74) is 0.0106. The molecular weight excluding hydrogens is 408 g/mol. The van der Waals surface area contributed by atoms with Crippen molar-refractivity contribution in [2.45, 2.75) is 19.0 Å². The van der Waals surface area contributed by atoms with Crippen LogP contribution in [0.3, 0.4) is 0 Å². The first-order chi connectivity index (χ1) is 12.3. The molecule has 3 rings (SSSR count). The van der Waals surface area contributed by atoms with E-state index < -0.39 is 17.2 Å². The Labute approximate surface area is 158 Å². The van der Waals surface area contributed by atoms with Crippen LogP contribution in [0, 0.1) is 11.6 Å². The van der Waals surface area contributed by atoms with Crippen molar-refractivity contribution in [3.05, 3.63) is 63.6 Å².